The van der Waals surface area contributed by atoms with Gasteiger partial charge in [-0.1, -0.05) is 32.1 Å². The minimum absolute atomic E-state index is 0.144. The molecule has 12 nitrogen and oxygen atoms in total. The molecule has 4 N–H and O–H groups in total. The molecule has 0 radical (unpaired) electrons. The zero-order valence-corrected chi connectivity index (χ0v) is 29.9. The quantitative estimate of drug-likeness (QED) is 0.199. The molecule has 3 unspecified atom stereocenters. The number of carbonyl (C=O) groups excluding carboxylic acids is 3. The van der Waals surface area contributed by atoms with Crippen molar-refractivity contribution in [3.05, 3.63) is 60.1 Å². The fraction of sp³-hybridized carbons (Fsp3) is 0.605. The Balaban J connectivity index is 1.26. The highest BCUT2D eigenvalue weighted by Gasteiger charge is 2.71. The van der Waals surface area contributed by atoms with Crippen LogP contribution < -0.4 is 0 Å². The number of fused-ring (bicyclic) bond motifs is 6. The zero-order chi connectivity index (χ0) is 36.4. The number of hydrogen-bond donors (Lipinski definition) is 4. The van der Waals surface area contributed by atoms with Gasteiger partial charge in [0, 0.05) is 54.7 Å². The number of aliphatic hydroxyl groups excluding tert-OH is 2. The number of esters is 2. The standard InChI is InChI=1S/C38H50N2O10/c1-18-14-19(2)38(46)23(16-27(47-8)35(44)48-32(18)21(4)41)11-12-24-28-29(30(24)38)31(42)20(3)33(28)49-34(43)25-15-22(17-39-25)26-10-9-13-40(26)36(45)50-37(5,6)7/h9-15,17-18,20-21,23-24,27-33,39,41-42,46H,16H2,1-8H3/b19-14+/t18-,20-,21?,23?,24+,27+,28+,29?,30+,31-,32+,33-,38+/m1/s1. The second-order valence-electron chi connectivity index (χ2n) is 15.7. The minimum atomic E-state index is -1.44. The molecule has 0 bridgehead atoms. The number of allylic oxidation sites excluding steroid dienone is 1. The van der Waals surface area contributed by atoms with Crippen LogP contribution in [0, 0.1) is 41.4 Å². The van der Waals surface area contributed by atoms with E-state index >= 15 is 0 Å². The van der Waals surface area contributed by atoms with Crippen molar-refractivity contribution in [2.24, 2.45) is 41.4 Å². The van der Waals surface area contributed by atoms with Crippen LogP contribution in [0.4, 0.5) is 4.79 Å². The molecule has 2 saturated carbocycles. The Labute approximate surface area is 292 Å². The summed E-state index contributed by atoms with van der Waals surface area (Å²) in [4.78, 5) is 42.5. The van der Waals surface area contributed by atoms with E-state index in [-0.39, 0.29) is 29.9 Å². The van der Waals surface area contributed by atoms with Gasteiger partial charge in [-0.3, -0.25) is 4.57 Å². The fourth-order valence-electron chi connectivity index (χ4n) is 9.04. The minimum Gasteiger partial charge on any atom is -0.457 e. The topological polar surface area (TPSA) is 170 Å². The number of H-pyrrole nitrogens is 1. The molecular weight excluding hydrogens is 644 g/mol. The SMILES string of the molecule is CO[C@H]1CC2C=C[C@H]3[C@H]4C([C@H]3[C@]2(O)/C(C)=C/[C@@H](C)[C@@H](C(C)O)OC1=O)[C@H](O)[C@@H](C)[C@H]4OC(=O)c1cc(-c2cccn2C(=O)OC(C)(C)C)c[nH]1. The van der Waals surface area contributed by atoms with E-state index in [0.29, 0.717) is 16.8 Å². The molecule has 1 aliphatic heterocycles. The highest BCUT2D eigenvalue weighted by Crippen LogP contribution is 2.66. The second kappa shape index (κ2) is 13.1. The maximum Gasteiger partial charge on any atom is 0.418 e. The molecule has 272 valence electrons. The zero-order valence-electron chi connectivity index (χ0n) is 29.9. The van der Waals surface area contributed by atoms with Crippen LogP contribution in [0.2, 0.25) is 0 Å². The Morgan fingerprint density at radius 3 is 2.56 bits per heavy atom. The summed E-state index contributed by atoms with van der Waals surface area (Å²) in [7, 11) is 1.42. The molecule has 3 aliphatic carbocycles. The Morgan fingerprint density at radius 2 is 1.90 bits per heavy atom. The van der Waals surface area contributed by atoms with Gasteiger partial charge in [-0.2, -0.15) is 0 Å². The summed E-state index contributed by atoms with van der Waals surface area (Å²) in [6.45, 7) is 12.5. The number of nitrogens with one attached hydrogen (secondary N) is 1. The van der Waals surface area contributed by atoms with Crippen LogP contribution in [0.3, 0.4) is 0 Å². The summed E-state index contributed by atoms with van der Waals surface area (Å²) in [6.07, 6.45) is 4.38. The van der Waals surface area contributed by atoms with Gasteiger partial charge in [0.05, 0.1) is 23.5 Å². The van der Waals surface area contributed by atoms with E-state index in [1.54, 1.807) is 58.3 Å². The van der Waals surface area contributed by atoms with Gasteiger partial charge in [-0.25, -0.2) is 14.4 Å². The largest absolute Gasteiger partial charge is 0.457 e. The maximum absolute atomic E-state index is 13.6. The molecular formula is C38H50N2O10. The Morgan fingerprint density at radius 1 is 1.18 bits per heavy atom. The van der Waals surface area contributed by atoms with Crippen molar-refractivity contribution in [3.8, 4) is 11.3 Å². The Hall–Kier alpha value is -3.71. The lowest BCUT2D eigenvalue weighted by Gasteiger charge is -2.61. The van der Waals surface area contributed by atoms with Gasteiger partial charge in [-0.15, -0.1) is 0 Å². The first-order chi connectivity index (χ1) is 23.5. The lowest BCUT2D eigenvalue weighted by atomic mass is 9.46. The third-order valence-corrected chi connectivity index (χ3v) is 11.4. The van der Waals surface area contributed by atoms with Crippen LogP contribution in [-0.4, -0.2) is 91.7 Å². The molecule has 12 heteroatoms. The van der Waals surface area contributed by atoms with Gasteiger partial charge in [-0.05, 0) is 76.6 Å². The highest BCUT2D eigenvalue weighted by atomic mass is 16.6. The van der Waals surface area contributed by atoms with E-state index in [1.165, 1.54) is 11.7 Å². The molecule has 13 atom stereocenters. The van der Waals surface area contributed by atoms with E-state index in [9.17, 15) is 29.7 Å². The van der Waals surface area contributed by atoms with Crippen LogP contribution in [-0.2, 0) is 23.7 Å². The van der Waals surface area contributed by atoms with Crippen molar-refractivity contribution in [1.82, 2.24) is 9.55 Å². The normalized spacial score (nSPS) is 38.3. The van der Waals surface area contributed by atoms with E-state index in [0.717, 1.165) is 0 Å². The van der Waals surface area contributed by atoms with Gasteiger partial charge >= 0.3 is 18.0 Å². The number of nitrogens with zero attached hydrogens (tertiary/aromatic N) is 1. The predicted molar refractivity (Wildman–Crippen MR) is 182 cm³/mol. The van der Waals surface area contributed by atoms with E-state index in [1.807, 2.05) is 39.0 Å². The van der Waals surface area contributed by atoms with Crippen LogP contribution >= 0.6 is 0 Å². The van der Waals surface area contributed by atoms with Gasteiger partial charge in [0.15, 0.2) is 6.10 Å². The van der Waals surface area contributed by atoms with Gasteiger partial charge in [0.25, 0.3) is 0 Å². The summed E-state index contributed by atoms with van der Waals surface area (Å²) < 4.78 is 24.3. The third-order valence-electron chi connectivity index (χ3n) is 11.4. The van der Waals surface area contributed by atoms with Crippen molar-refractivity contribution < 1.29 is 48.7 Å². The summed E-state index contributed by atoms with van der Waals surface area (Å²) in [5, 5.41) is 34.9. The highest BCUT2D eigenvalue weighted by molar-refractivity contribution is 5.90. The summed E-state index contributed by atoms with van der Waals surface area (Å²) in [6, 6.07) is 5.10. The number of aromatic nitrogens is 2. The monoisotopic (exact) mass is 694 g/mol. The average Bonchev–Trinajstić information content (AvgIpc) is 3.75. The van der Waals surface area contributed by atoms with Gasteiger partial charge in [0.2, 0.25) is 0 Å². The number of aliphatic hydroxyl groups is 3. The number of aromatic amines is 1. The molecule has 0 aromatic carbocycles. The van der Waals surface area contributed by atoms with Crippen molar-refractivity contribution in [2.75, 3.05) is 7.11 Å². The molecule has 2 aromatic heterocycles. The predicted octanol–water partition coefficient (Wildman–Crippen LogP) is 4.49. The number of ether oxygens (including phenoxy) is 4. The smallest absolute Gasteiger partial charge is 0.418 e. The second-order valence-corrected chi connectivity index (χ2v) is 15.7. The third kappa shape index (κ3) is 6.03. The average molecular weight is 695 g/mol. The molecule has 0 spiro atoms. The number of hydrogen-bond acceptors (Lipinski definition) is 10. The van der Waals surface area contributed by atoms with Crippen molar-refractivity contribution >= 4 is 18.0 Å². The molecule has 0 saturated heterocycles. The summed E-state index contributed by atoms with van der Waals surface area (Å²) in [5.41, 5.74) is -0.115. The Bertz CT molecular complexity index is 1680. The van der Waals surface area contributed by atoms with Crippen molar-refractivity contribution in [3.63, 3.8) is 0 Å². The van der Waals surface area contributed by atoms with Crippen LogP contribution in [0.5, 0.6) is 0 Å². The molecule has 0 amide bonds. The molecule has 2 aromatic rings. The van der Waals surface area contributed by atoms with Crippen molar-refractivity contribution in [1.29, 1.82) is 0 Å². The van der Waals surface area contributed by atoms with E-state index < -0.39 is 83.4 Å². The first-order valence-corrected chi connectivity index (χ1v) is 17.5. The number of methoxy groups -OCH3 is 1. The first kappa shape index (κ1) is 36.1. The fourth-order valence-corrected chi connectivity index (χ4v) is 9.04. The molecule has 50 heavy (non-hydrogen) atoms. The van der Waals surface area contributed by atoms with Crippen LogP contribution in [0.1, 0.15) is 65.4 Å². The number of carbonyl (C=O) groups is 3. The first-order valence-electron chi connectivity index (χ1n) is 17.5. The molecule has 2 fully saturated rings. The summed E-state index contributed by atoms with van der Waals surface area (Å²) >= 11 is 0. The van der Waals surface area contributed by atoms with Gasteiger partial charge < -0.3 is 39.3 Å². The van der Waals surface area contributed by atoms with E-state index in [4.69, 9.17) is 18.9 Å². The lowest BCUT2D eigenvalue weighted by Crippen LogP contribution is -2.65. The molecule has 3 heterocycles. The lowest BCUT2D eigenvalue weighted by molar-refractivity contribution is -0.186. The molecule has 6 rings (SSSR count). The molecule has 4 aliphatic rings. The number of cyclic esters (lactones) is 1. The summed E-state index contributed by atoms with van der Waals surface area (Å²) in [5.74, 6) is -3.81. The van der Waals surface area contributed by atoms with E-state index in [2.05, 4.69) is 4.98 Å². The van der Waals surface area contributed by atoms with Crippen molar-refractivity contribution in [2.45, 2.75) is 96.6 Å². The number of rotatable bonds is 5. The maximum atomic E-state index is 13.6. The van der Waals surface area contributed by atoms with Crippen LogP contribution in [0.25, 0.3) is 11.3 Å². The Kier molecular flexibility index (Phi) is 9.47. The van der Waals surface area contributed by atoms with Gasteiger partial charge in [0.1, 0.15) is 23.5 Å². The van der Waals surface area contributed by atoms with Crippen LogP contribution in [0.15, 0.2) is 54.4 Å².